The third-order valence-electron chi connectivity index (χ3n) is 4.83. The lowest BCUT2D eigenvalue weighted by Gasteiger charge is -2.24. The van der Waals surface area contributed by atoms with E-state index in [0.717, 1.165) is 25.8 Å². The molecule has 1 saturated carbocycles. The first-order chi connectivity index (χ1) is 9.25. The Morgan fingerprint density at radius 3 is 2.53 bits per heavy atom. The fourth-order valence-electron chi connectivity index (χ4n) is 3.71. The number of hydrogen-bond donors (Lipinski definition) is 0. The number of likely N-dealkylation sites (tertiary alicyclic amines) is 1. The Hall–Kier alpha value is -1.31. The van der Waals surface area contributed by atoms with E-state index >= 15 is 0 Å². The van der Waals surface area contributed by atoms with Crippen LogP contribution in [0.2, 0.25) is 0 Å². The van der Waals surface area contributed by atoms with Gasteiger partial charge in [0.1, 0.15) is 0 Å². The Morgan fingerprint density at radius 1 is 1.16 bits per heavy atom. The molecule has 2 heteroatoms. The molecule has 0 N–H and O–H groups in total. The molecular weight excluding hydrogens is 234 g/mol. The van der Waals surface area contributed by atoms with E-state index in [4.69, 9.17) is 0 Å². The van der Waals surface area contributed by atoms with Crippen LogP contribution >= 0.6 is 0 Å². The van der Waals surface area contributed by atoms with Crippen LogP contribution in [-0.2, 0) is 4.79 Å². The molecule has 1 aromatic carbocycles. The predicted octanol–water partition coefficient (Wildman–Crippen LogP) is 3.58. The third kappa shape index (κ3) is 2.54. The molecule has 0 aromatic heterocycles. The van der Waals surface area contributed by atoms with Crippen molar-refractivity contribution in [3.63, 3.8) is 0 Å². The van der Waals surface area contributed by atoms with E-state index in [1.807, 2.05) is 0 Å². The molecule has 2 atom stereocenters. The van der Waals surface area contributed by atoms with Crippen LogP contribution in [0.3, 0.4) is 0 Å². The molecule has 1 aromatic rings. The second kappa shape index (κ2) is 5.36. The standard InChI is InChI=1S/C17H23NO/c1-13-11-16(14-7-3-2-4-8-14)12-18(13)17(19)15-9-5-6-10-15/h2-4,7-8,13,15-16H,5-6,9-12H2,1H3. The van der Waals surface area contributed by atoms with Crippen molar-refractivity contribution in [2.24, 2.45) is 5.92 Å². The van der Waals surface area contributed by atoms with Crippen molar-refractivity contribution in [3.05, 3.63) is 35.9 Å². The number of hydrogen-bond acceptors (Lipinski definition) is 1. The summed E-state index contributed by atoms with van der Waals surface area (Å²) < 4.78 is 0. The van der Waals surface area contributed by atoms with Gasteiger partial charge in [0.05, 0.1) is 0 Å². The van der Waals surface area contributed by atoms with Gasteiger partial charge >= 0.3 is 0 Å². The Labute approximate surface area is 115 Å². The van der Waals surface area contributed by atoms with E-state index in [1.165, 1.54) is 18.4 Å². The molecule has 2 unspecified atom stereocenters. The quantitative estimate of drug-likeness (QED) is 0.793. The van der Waals surface area contributed by atoms with Crippen LogP contribution in [0.15, 0.2) is 30.3 Å². The average molecular weight is 257 g/mol. The Morgan fingerprint density at radius 2 is 1.84 bits per heavy atom. The Balaban J connectivity index is 1.69. The van der Waals surface area contributed by atoms with Gasteiger partial charge in [-0.25, -0.2) is 0 Å². The van der Waals surface area contributed by atoms with Crippen LogP contribution in [0.5, 0.6) is 0 Å². The smallest absolute Gasteiger partial charge is 0.225 e. The Bertz CT molecular complexity index is 436. The van der Waals surface area contributed by atoms with Crippen LogP contribution in [0.25, 0.3) is 0 Å². The van der Waals surface area contributed by atoms with Crippen molar-refractivity contribution in [2.75, 3.05) is 6.54 Å². The highest BCUT2D eigenvalue weighted by Crippen LogP contribution is 2.35. The SMILES string of the molecule is CC1CC(c2ccccc2)CN1C(=O)C1CCCC1. The van der Waals surface area contributed by atoms with Gasteiger partial charge in [-0.2, -0.15) is 0 Å². The van der Waals surface area contributed by atoms with E-state index in [2.05, 4.69) is 42.2 Å². The number of nitrogens with zero attached hydrogens (tertiary/aromatic N) is 1. The minimum atomic E-state index is 0.317. The molecule has 0 radical (unpaired) electrons. The fraction of sp³-hybridized carbons (Fsp3) is 0.588. The first kappa shape index (κ1) is 12.7. The van der Waals surface area contributed by atoms with Gasteiger partial charge in [0.25, 0.3) is 0 Å². The molecule has 102 valence electrons. The van der Waals surface area contributed by atoms with Gasteiger partial charge in [-0.1, -0.05) is 43.2 Å². The van der Waals surface area contributed by atoms with E-state index in [-0.39, 0.29) is 0 Å². The van der Waals surface area contributed by atoms with Crippen molar-refractivity contribution in [1.82, 2.24) is 4.90 Å². The van der Waals surface area contributed by atoms with E-state index < -0.39 is 0 Å². The summed E-state index contributed by atoms with van der Waals surface area (Å²) in [5, 5.41) is 0. The fourth-order valence-corrected chi connectivity index (χ4v) is 3.71. The molecule has 1 saturated heterocycles. The van der Waals surface area contributed by atoms with Crippen LogP contribution in [-0.4, -0.2) is 23.4 Å². The van der Waals surface area contributed by atoms with Gasteiger partial charge in [-0.15, -0.1) is 0 Å². The van der Waals surface area contributed by atoms with Gasteiger partial charge in [0, 0.05) is 24.4 Å². The van der Waals surface area contributed by atoms with Crippen LogP contribution in [0.4, 0.5) is 0 Å². The normalized spacial score (nSPS) is 27.9. The highest BCUT2D eigenvalue weighted by Gasteiger charge is 2.36. The molecule has 2 nitrogen and oxygen atoms in total. The zero-order valence-electron chi connectivity index (χ0n) is 11.7. The van der Waals surface area contributed by atoms with Gasteiger partial charge in [-0.3, -0.25) is 4.79 Å². The molecule has 1 amide bonds. The first-order valence-electron chi connectivity index (χ1n) is 7.61. The van der Waals surface area contributed by atoms with Crippen LogP contribution in [0.1, 0.15) is 50.5 Å². The van der Waals surface area contributed by atoms with Crippen molar-refractivity contribution in [1.29, 1.82) is 0 Å². The lowest BCUT2D eigenvalue weighted by atomic mass is 9.97. The summed E-state index contributed by atoms with van der Waals surface area (Å²) in [5.41, 5.74) is 1.39. The lowest BCUT2D eigenvalue weighted by molar-refractivity contribution is -0.135. The molecule has 1 heterocycles. The maximum Gasteiger partial charge on any atom is 0.225 e. The highest BCUT2D eigenvalue weighted by molar-refractivity contribution is 5.79. The Kier molecular flexibility index (Phi) is 3.58. The minimum absolute atomic E-state index is 0.317. The topological polar surface area (TPSA) is 20.3 Å². The number of benzene rings is 1. The summed E-state index contributed by atoms with van der Waals surface area (Å²) in [6.07, 6.45) is 5.81. The lowest BCUT2D eigenvalue weighted by Crippen LogP contribution is -2.37. The third-order valence-corrected chi connectivity index (χ3v) is 4.83. The number of amides is 1. The monoisotopic (exact) mass is 257 g/mol. The van der Waals surface area contributed by atoms with E-state index in [0.29, 0.717) is 23.8 Å². The molecule has 2 fully saturated rings. The van der Waals surface area contributed by atoms with Gasteiger partial charge < -0.3 is 4.90 Å². The molecule has 0 spiro atoms. The summed E-state index contributed by atoms with van der Waals surface area (Å²) in [6, 6.07) is 11.0. The number of rotatable bonds is 2. The summed E-state index contributed by atoms with van der Waals surface area (Å²) >= 11 is 0. The summed E-state index contributed by atoms with van der Waals surface area (Å²) in [7, 11) is 0. The molecule has 3 rings (SSSR count). The van der Waals surface area contributed by atoms with Crippen molar-refractivity contribution >= 4 is 5.91 Å². The second-order valence-electron chi connectivity index (χ2n) is 6.16. The molecule has 1 aliphatic heterocycles. The zero-order chi connectivity index (χ0) is 13.2. The maximum atomic E-state index is 12.6. The summed E-state index contributed by atoms with van der Waals surface area (Å²) in [6.45, 7) is 3.12. The molecule has 0 bridgehead atoms. The highest BCUT2D eigenvalue weighted by atomic mass is 16.2. The predicted molar refractivity (Wildman–Crippen MR) is 76.9 cm³/mol. The molecule has 19 heavy (non-hydrogen) atoms. The van der Waals surface area contributed by atoms with Crippen LogP contribution in [0, 0.1) is 5.92 Å². The van der Waals surface area contributed by atoms with Crippen molar-refractivity contribution in [2.45, 2.75) is 51.0 Å². The van der Waals surface area contributed by atoms with Crippen molar-refractivity contribution in [3.8, 4) is 0 Å². The first-order valence-corrected chi connectivity index (χ1v) is 7.61. The zero-order valence-corrected chi connectivity index (χ0v) is 11.7. The number of carbonyl (C=O) groups excluding carboxylic acids is 1. The maximum absolute atomic E-state index is 12.6. The minimum Gasteiger partial charge on any atom is -0.339 e. The second-order valence-corrected chi connectivity index (χ2v) is 6.16. The van der Waals surface area contributed by atoms with Crippen molar-refractivity contribution < 1.29 is 4.79 Å². The van der Waals surface area contributed by atoms with Gasteiger partial charge in [0.2, 0.25) is 5.91 Å². The average Bonchev–Trinajstić information content (AvgIpc) is 3.08. The molecule has 1 aliphatic carbocycles. The molecular formula is C17H23NO. The summed E-state index contributed by atoms with van der Waals surface area (Å²) in [5.74, 6) is 1.27. The van der Waals surface area contributed by atoms with Crippen LogP contribution < -0.4 is 0 Å². The van der Waals surface area contributed by atoms with E-state index in [9.17, 15) is 4.79 Å². The van der Waals surface area contributed by atoms with Gasteiger partial charge in [-0.05, 0) is 31.7 Å². The molecule has 2 aliphatic rings. The number of carbonyl (C=O) groups is 1. The summed E-state index contributed by atoms with van der Waals surface area (Å²) in [4.78, 5) is 14.7. The van der Waals surface area contributed by atoms with Gasteiger partial charge in [0.15, 0.2) is 0 Å². The van der Waals surface area contributed by atoms with E-state index in [1.54, 1.807) is 0 Å². The largest absolute Gasteiger partial charge is 0.339 e.